The average Bonchev–Trinajstić information content (AvgIpc) is 3.15. The summed E-state index contributed by atoms with van der Waals surface area (Å²) in [5.74, 6) is -0.996. The molecule has 3 heterocycles. The summed E-state index contributed by atoms with van der Waals surface area (Å²) in [5, 5.41) is 15.6. The van der Waals surface area contributed by atoms with Crippen LogP contribution in [0.1, 0.15) is 21.7 Å². The lowest BCUT2D eigenvalue weighted by molar-refractivity contribution is -0.297. The molecule has 120 valence electrons. The first-order valence-corrected chi connectivity index (χ1v) is 7.36. The standard InChI is InChI=1S/C14H10F3N3O2S/c15-14(16,17)13(22)8-10(9-3-5-18-6-4-9)19-20(13)12(21)11-2-1-7-23-11/h1-7,22H,8H2/t13-/m1/s1. The Kier molecular flexibility index (Phi) is 3.69. The second-order valence-corrected chi connectivity index (χ2v) is 5.82. The number of thiophene rings is 1. The van der Waals surface area contributed by atoms with Crippen LogP contribution in [0.15, 0.2) is 47.1 Å². The molecule has 0 aromatic carbocycles. The zero-order valence-electron chi connectivity index (χ0n) is 11.5. The summed E-state index contributed by atoms with van der Waals surface area (Å²) >= 11 is 0.977. The number of alkyl halides is 3. The molecular weight excluding hydrogens is 331 g/mol. The number of aliphatic hydroxyl groups is 1. The monoisotopic (exact) mass is 341 g/mol. The zero-order chi connectivity index (χ0) is 16.7. The van der Waals surface area contributed by atoms with Crippen molar-refractivity contribution in [3.8, 4) is 0 Å². The normalized spacial score (nSPS) is 21.4. The van der Waals surface area contributed by atoms with Gasteiger partial charge in [0.1, 0.15) is 0 Å². The lowest BCUT2D eigenvalue weighted by Crippen LogP contribution is -2.56. The van der Waals surface area contributed by atoms with Crippen molar-refractivity contribution >= 4 is 23.0 Å². The van der Waals surface area contributed by atoms with E-state index in [1.54, 1.807) is 5.38 Å². The number of halogens is 3. The van der Waals surface area contributed by atoms with Gasteiger partial charge >= 0.3 is 6.18 Å². The van der Waals surface area contributed by atoms with Crippen LogP contribution >= 0.6 is 11.3 Å². The Morgan fingerprint density at radius 2 is 2.00 bits per heavy atom. The van der Waals surface area contributed by atoms with E-state index in [2.05, 4.69) is 10.1 Å². The van der Waals surface area contributed by atoms with E-state index in [1.807, 2.05) is 0 Å². The van der Waals surface area contributed by atoms with Crippen LogP contribution in [0.3, 0.4) is 0 Å². The Morgan fingerprint density at radius 1 is 1.30 bits per heavy atom. The maximum Gasteiger partial charge on any atom is 0.438 e. The number of carbonyl (C=O) groups excluding carboxylic acids is 1. The summed E-state index contributed by atoms with van der Waals surface area (Å²) in [6.45, 7) is 0. The van der Waals surface area contributed by atoms with E-state index in [9.17, 15) is 23.1 Å². The van der Waals surface area contributed by atoms with E-state index in [0.29, 0.717) is 5.56 Å². The second-order valence-electron chi connectivity index (χ2n) is 4.87. The van der Waals surface area contributed by atoms with E-state index in [4.69, 9.17) is 0 Å². The highest BCUT2D eigenvalue weighted by Crippen LogP contribution is 2.42. The van der Waals surface area contributed by atoms with Crippen molar-refractivity contribution < 1.29 is 23.1 Å². The van der Waals surface area contributed by atoms with Gasteiger partial charge in [0, 0.05) is 18.0 Å². The molecular formula is C14H10F3N3O2S. The molecule has 1 amide bonds. The summed E-state index contributed by atoms with van der Waals surface area (Å²) in [4.78, 5) is 16.1. The summed E-state index contributed by atoms with van der Waals surface area (Å²) in [5.41, 5.74) is -3.03. The van der Waals surface area contributed by atoms with Gasteiger partial charge in [-0.05, 0) is 23.6 Å². The Hall–Kier alpha value is -2.26. The lowest BCUT2D eigenvalue weighted by atomic mass is 10.0. The van der Waals surface area contributed by atoms with Crippen LogP contribution in [-0.4, -0.2) is 38.6 Å². The minimum Gasteiger partial charge on any atom is -0.362 e. The molecule has 0 fully saturated rings. The molecule has 9 heteroatoms. The number of rotatable bonds is 2. The topological polar surface area (TPSA) is 65.8 Å². The third-order valence-electron chi connectivity index (χ3n) is 3.38. The predicted molar refractivity (Wildman–Crippen MR) is 76.9 cm³/mol. The average molecular weight is 341 g/mol. The quantitative estimate of drug-likeness (QED) is 0.913. The maximum absolute atomic E-state index is 13.4. The van der Waals surface area contributed by atoms with Crippen molar-refractivity contribution in [2.75, 3.05) is 0 Å². The third kappa shape index (κ3) is 2.62. The number of pyridine rings is 1. The molecule has 2 aromatic heterocycles. The highest BCUT2D eigenvalue weighted by molar-refractivity contribution is 7.12. The van der Waals surface area contributed by atoms with Crippen molar-refractivity contribution in [2.24, 2.45) is 5.10 Å². The fourth-order valence-corrected chi connectivity index (χ4v) is 2.84. The van der Waals surface area contributed by atoms with E-state index < -0.39 is 24.2 Å². The van der Waals surface area contributed by atoms with Gasteiger partial charge in [-0.1, -0.05) is 6.07 Å². The molecule has 3 rings (SSSR count). The maximum atomic E-state index is 13.4. The van der Waals surface area contributed by atoms with Gasteiger partial charge in [-0.25, -0.2) is 0 Å². The first-order chi connectivity index (χ1) is 10.8. The van der Waals surface area contributed by atoms with Crippen molar-refractivity contribution in [1.82, 2.24) is 9.99 Å². The number of hydrogen-bond acceptors (Lipinski definition) is 5. The SMILES string of the molecule is O=C(c1cccs1)N1N=C(c2ccncc2)C[C@@]1(O)C(F)(F)F. The van der Waals surface area contributed by atoms with Crippen LogP contribution in [-0.2, 0) is 0 Å². The Morgan fingerprint density at radius 3 is 2.57 bits per heavy atom. The van der Waals surface area contributed by atoms with Crippen LogP contribution in [0.5, 0.6) is 0 Å². The molecule has 1 N–H and O–H groups in total. The minimum absolute atomic E-state index is 0.0304. The Labute approximate surface area is 132 Å². The van der Waals surface area contributed by atoms with Gasteiger partial charge in [-0.2, -0.15) is 23.3 Å². The molecule has 2 aromatic rings. The second kappa shape index (κ2) is 5.43. The van der Waals surface area contributed by atoms with Gasteiger partial charge in [0.2, 0.25) is 0 Å². The van der Waals surface area contributed by atoms with Crippen molar-refractivity contribution in [2.45, 2.75) is 18.3 Å². The number of carbonyl (C=O) groups is 1. The molecule has 0 unspecified atom stereocenters. The molecule has 1 aliphatic heterocycles. The summed E-state index contributed by atoms with van der Waals surface area (Å²) in [7, 11) is 0. The van der Waals surface area contributed by atoms with Crippen LogP contribution in [0.25, 0.3) is 0 Å². The fourth-order valence-electron chi connectivity index (χ4n) is 2.19. The van der Waals surface area contributed by atoms with Crippen LogP contribution < -0.4 is 0 Å². The summed E-state index contributed by atoms with van der Waals surface area (Å²) < 4.78 is 40.1. The largest absolute Gasteiger partial charge is 0.438 e. The summed E-state index contributed by atoms with van der Waals surface area (Å²) in [6.07, 6.45) is -3.08. The van der Waals surface area contributed by atoms with E-state index in [1.165, 1.54) is 36.7 Å². The van der Waals surface area contributed by atoms with Crippen molar-refractivity contribution in [3.05, 3.63) is 52.5 Å². The highest BCUT2D eigenvalue weighted by atomic mass is 32.1. The van der Waals surface area contributed by atoms with Crippen molar-refractivity contribution in [1.29, 1.82) is 0 Å². The van der Waals surface area contributed by atoms with Gasteiger partial charge in [0.05, 0.1) is 17.0 Å². The molecule has 0 aliphatic carbocycles. The number of hydrazone groups is 1. The zero-order valence-corrected chi connectivity index (χ0v) is 12.3. The van der Waals surface area contributed by atoms with Gasteiger partial charge in [-0.3, -0.25) is 9.78 Å². The lowest BCUT2D eigenvalue weighted by Gasteiger charge is -2.32. The predicted octanol–water partition coefficient (Wildman–Crippen LogP) is 2.64. The summed E-state index contributed by atoms with van der Waals surface area (Å²) in [6, 6.07) is 5.85. The first-order valence-electron chi connectivity index (χ1n) is 6.48. The van der Waals surface area contributed by atoms with E-state index in [-0.39, 0.29) is 15.6 Å². The van der Waals surface area contributed by atoms with Gasteiger partial charge < -0.3 is 5.11 Å². The molecule has 0 radical (unpaired) electrons. The van der Waals surface area contributed by atoms with E-state index in [0.717, 1.165) is 11.3 Å². The highest BCUT2D eigenvalue weighted by Gasteiger charge is 2.63. The van der Waals surface area contributed by atoms with Crippen LogP contribution in [0, 0.1) is 0 Å². The molecule has 0 saturated carbocycles. The fraction of sp³-hybridized carbons (Fsp3) is 0.214. The third-order valence-corrected chi connectivity index (χ3v) is 4.23. The molecule has 0 spiro atoms. The van der Waals surface area contributed by atoms with Crippen LogP contribution in [0.2, 0.25) is 0 Å². The number of nitrogens with zero attached hydrogens (tertiary/aromatic N) is 3. The Balaban J connectivity index is 2.04. The molecule has 0 saturated heterocycles. The van der Waals surface area contributed by atoms with E-state index >= 15 is 0 Å². The molecule has 5 nitrogen and oxygen atoms in total. The smallest absolute Gasteiger partial charge is 0.362 e. The number of hydrogen-bond donors (Lipinski definition) is 1. The van der Waals surface area contributed by atoms with Gasteiger partial charge in [-0.15, -0.1) is 11.3 Å². The van der Waals surface area contributed by atoms with Gasteiger partial charge in [0.15, 0.2) is 0 Å². The molecule has 1 atom stereocenters. The Bertz CT molecular complexity index is 746. The minimum atomic E-state index is -5.04. The number of amides is 1. The molecule has 1 aliphatic rings. The van der Waals surface area contributed by atoms with Gasteiger partial charge in [0.25, 0.3) is 11.6 Å². The number of aromatic nitrogens is 1. The first kappa shape index (κ1) is 15.6. The van der Waals surface area contributed by atoms with Crippen molar-refractivity contribution in [3.63, 3.8) is 0 Å². The molecule has 0 bridgehead atoms. The molecule has 23 heavy (non-hydrogen) atoms. The van der Waals surface area contributed by atoms with Crippen LogP contribution in [0.4, 0.5) is 13.2 Å².